The number of ether oxygens (including phenoxy) is 1. The Morgan fingerprint density at radius 1 is 1.31 bits per heavy atom. The molecule has 1 aliphatic heterocycles. The summed E-state index contributed by atoms with van der Waals surface area (Å²) in [5, 5.41) is 2.71. The Morgan fingerprint density at radius 2 is 2.00 bits per heavy atom. The molecule has 144 valence electrons. The van der Waals surface area contributed by atoms with E-state index in [0.717, 1.165) is 18.9 Å². The normalized spacial score (nSPS) is 17.8. The van der Waals surface area contributed by atoms with Crippen molar-refractivity contribution in [2.45, 2.75) is 39.2 Å². The molecular formula is C18H23F2IN2O3. The van der Waals surface area contributed by atoms with Gasteiger partial charge in [0.1, 0.15) is 17.2 Å². The lowest BCUT2D eigenvalue weighted by molar-refractivity contribution is 0.0502. The lowest BCUT2D eigenvalue weighted by atomic mass is 9.97. The van der Waals surface area contributed by atoms with Crippen molar-refractivity contribution >= 4 is 34.6 Å². The summed E-state index contributed by atoms with van der Waals surface area (Å²) in [6.07, 6.45) is 1.11. The van der Waals surface area contributed by atoms with E-state index in [4.69, 9.17) is 4.74 Å². The molecule has 2 rings (SSSR count). The Bertz CT molecular complexity index is 692. The predicted octanol–water partition coefficient (Wildman–Crippen LogP) is 3.95. The average molecular weight is 480 g/mol. The van der Waals surface area contributed by atoms with Gasteiger partial charge in [0.15, 0.2) is 0 Å². The summed E-state index contributed by atoms with van der Waals surface area (Å²) >= 11 is 1.73. The van der Waals surface area contributed by atoms with E-state index in [1.54, 1.807) is 48.3 Å². The van der Waals surface area contributed by atoms with Gasteiger partial charge < -0.3 is 15.0 Å². The van der Waals surface area contributed by atoms with E-state index >= 15 is 0 Å². The summed E-state index contributed by atoms with van der Waals surface area (Å²) in [4.78, 5) is 25.9. The van der Waals surface area contributed by atoms with Gasteiger partial charge in [-0.05, 0) is 68.2 Å². The van der Waals surface area contributed by atoms with Crippen LogP contribution in [-0.4, -0.2) is 42.1 Å². The highest BCUT2D eigenvalue weighted by Crippen LogP contribution is 2.22. The second-order valence-corrected chi connectivity index (χ2v) is 8.55. The van der Waals surface area contributed by atoms with Crippen LogP contribution in [0.1, 0.15) is 44.0 Å². The molecule has 1 fully saturated rings. The number of likely N-dealkylation sites (tertiary alicyclic amines) is 1. The second-order valence-electron chi connectivity index (χ2n) is 7.39. The maximum atomic E-state index is 14.0. The Morgan fingerprint density at radius 3 is 2.65 bits per heavy atom. The van der Waals surface area contributed by atoms with Gasteiger partial charge in [0.25, 0.3) is 5.91 Å². The summed E-state index contributed by atoms with van der Waals surface area (Å²) < 4.78 is 32.8. The molecule has 1 unspecified atom stereocenters. The van der Waals surface area contributed by atoms with Gasteiger partial charge in [-0.3, -0.25) is 4.79 Å². The summed E-state index contributed by atoms with van der Waals surface area (Å²) in [6, 6.07) is 1.97. The van der Waals surface area contributed by atoms with E-state index in [-0.39, 0.29) is 15.1 Å². The third kappa shape index (κ3) is 5.78. The topological polar surface area (TPSA) is 58.6 Å². The summed E-state index contributed by atoms with van der Waals surface area (Å²) in [5.41, 5.74) is -0.702. The third-order valence-corrected chi connectivity index (χ3v) is 4.81. The maximum absolute atomic E-state index is 14.0. The van der Waals surface area contributed by atoms with Gasteiger partial charge in [-0.2, -0.15) is 0 Å². The van der Waals surface area contributed by atoms with E-state index in [0.29, 0.717) is 19.6 Å². The molecule has 1 aliphatic rings. The standard InChI is InChI=1S/C18H23F2IN2O3/c1-18(2,3)26-17(25)22-9-11-5-4-6-23(10-11)16(24)12-7-15(21)14(20)8-13(12)19/h7-8,11H,4-6,9-10H2,1-3H3,(H,22,25). The highest BCUT2D eigenvalue weighted by atomic mass is 127. The number of nitrogens with zero attached hydrogens (tertiary/aromatic N) is 1. The number of nitrogens with one attached hydrogen (secondary N) is 1. The highest BCUT2D eigenvalue weighted by Gasteiger charge is 2.27. The molecule has 1 aromatic carbocycles. The number of hydrogen-bond donors (Lipinski definition) is 1. The first kappa shape index (κ1) is 20.9. The van der Waals surface area contributed by atoms with Crippen molar-refractivity contribution < 1.29 is 23.1 Å². The van der Waals surface area contributed by atoms with E-state index in [2.05, 4.69) is 5.32 Å². The van der Waals surface area contributed by atoms with Crippen LogP contribution in [0.25, 0.3) is 0 Å². The second kappa shape index (κ2) is 8.49. The lowest BCUT2D eigenvalue weighted by Gasteiger charge is -2.33. The van der Waals surface area contributed by atoms with Crippen LogP contribution in [0.5, 0.6) is 0 Å². The van der Waals surface area contributed by atoms with Crippen molar-refractivity contribution in [1.29, 1.82) is 0 Å². The predicted molar refractivity (Wildman–Crippen MR) is 102 cm³/mol. The zero-order chi connectivity index (χ0) is 19.5. The molecule has 0 aliphatic carbocycles. The molecule has 0 radical (unpaired) electrons. The van der Waals surface area contributed by atoms with Crippen LogP contribution in [0, 0.1) is 21.1 Å². The number of amides is 2. The molecule has 0 saturated carbocycles. The molecule has 1 saturated heterocycles. The molecule has 5 nitrogen and oxygen atoms in total. The number of hydrogen-bond acceptors (Lipinski definition) is 3. The van der Waals surface area contributed by atoms with Crippen molar-refractivity contribution in [3.05, 3.63) is 32.9 Å². The van der Waals surface area contributed by atoms with Crippen molar-refractivity contribution in [2.75, 3.05) is 19.6 Å². The van der Waals surface area contributed by atoms with Crippen LogP contribution in [0.4, 0.5) is 13.6 Å². The quantitative estimate of drug-likeness (QED) is 0.527. The molecule has 1 atom stereocenters. The molecule has 26 heavy (non-hydrogen) atoms. The molecule has 1 aromatic rings. The molecular weight excluding hydrogens is 457 g/mol. The number of rotatable bonds is 3. The summed E-state index contributed by atoms with van der Waals surface area (Å²) in [7, 11) is 0. The monoisotopic (exact) mass is 480 g/mol. The number of carbonyl (C=O) groups is 2. The van der Waals surface area contributed by atoms with E-state index in [9.17, 15) is 18.4 Å². The number of benzene rings is 1. The third-order valence-electron chi connectivity index (χ3n) is 3.98. The van der Waals surface area contributed by atoms with Gasteiger partial charge in [-0.25, -0.2) is 13.6 Å². The van der Waals surface area contributed by atoms with Crippen molar-refractivity contribution in [1.82, 2.24) is 10.2 Å². The lowest BCUT2D eigenvalue weighted by Crippen LogP contribution is -2.44. The fourth-order valence-corrected chi connectivity index (χ4v) is 3.28. The zero-order valence-corrected chi connectivity index (χ0v) is 17.2. The fraction of sp³-hybridized carbons (Fsp3) is 0.556. The summed E-state index contributed by atoms with van der Waals surface area (Å²) in [6.45, 7) is 6.64. The Balaban J connectivity index is 1.96. The molecule has 1 N–H and O–H groups in total. The zero-order valence-electron chi connectivity index (χ0n) is 15.1. The van der Waals surface area contributed by atoms with Crippen LogP contribution in [0.2, 0.25) is 0 Å². The first-order valence-electron chi connectivity index (χ1n) is 8.47. The highest BCUT2D eigenvalue weighted by molar-refractivity contribution is 14.1. The van der Waals surface area contributed by atoms with Gasteiger partial charge in [-0.1, -0.05) is 0 Å². The van der Waals surface area contributed by atoms with Gasteiger partial charge in [-0.15, -0.1) is 0 Å². The van der Waals surface area contributed by atoms with Crippen LogP contribution >= 0.6 is 22.6 Å². The van der Waals surface area contributed by atoms with Gasteiger partial charge >= 0.3 is 6.09 Å². The maximum Gasteiger partial charge on any atom is 0.407 e. The van der Waals surface area contributed by atoms with Crippen molar-refractivity contribution in [3.63, 3.8) is 0 Å². The van der Waals surface area contributed by atoms with E-state index in [1.807, 2.05) is 0 Å². The molecule has 8 heteroatoms. The molecule has 1 heterocycles. The van der Waals surface area contributed by atoms with Gasteiger partial charge in [0, 0.05) is 29.3 Å². The number of carbonyl (C=O) groups excluding carboxylic acids is 2. The SMILES string of the molecule is CC(C)(C)OC(=O)NCC1CCCN(C(=O)c2cc(I)c(F)cc2F)C1. The number of halogens is 3. The van der Waals surface area contributed by atoms with Crippen molar-refractivity contribution in [2.24, 2.45) is 5.92 Å². The van der Waals surface area contributed by atoms with Crippen LogP contribution in [0.3, 0.4) is 0 Å². The van der Waals surface area contributed by atoms with E-state index in [1.165, 1.54) is 6.07 Å². The first-order chi connectivity index (χ1) is 12.1. The average Bonchev–Trinajstić information content (AvgIpc) is 2.54. The van der Waals surface area contributed by atoms with Gasteiger partial charge in [0.2, 0.25) is 0 Å². The Labute approximate surface area is 165 Å². The van der Waals surface area contributed by atoms with Crippen LogP contribution in [0.15, 0.2) is 12.1 Å². The summed E-state index contributed by atoms with van der Waals surface area (Å²) in [5.74, 6) is -1.94. The molecule has 0 bridgehead atoms. The fourth-order valence-electron chi connectivity index (χ4n) is 2.81. The minimum atomic E-state index is -0.859. The Kier molecular flexibility index (Phi) is 6.81. The molecule has 0 aromatic heterocycles. The smallest absolute Gasteiger partial charge is 0.407 e. The molecule has 0 spiro atoms. The minimum Gasteiger partial charge on any atom is -0.444 e. The largest absolute Gasteiger partial charge is 0.444 e. The van der Waals surface area contributed by atoms with Crippen LogP contribution < -0.4 is 5.32 Å². The van der Waals surface area contributed by atoms with E-state index < -0.39 is 29.2 Å². The Hall–Kier alpha value is -1.45. The van der Waals surface area contributed by atoms with Gasteiger partial charge in [0.05, 0.1) is 5.56 Å². The molecule has 2 amide bonds. The number of alkyl carbamates (subject to hydrolysis) is 1. The minimum absolute atomic E-state index is 0.0581. The first-order valence-corrected chi connectivity index (χ1v) is 9.55. The van der Waals surface area contributed by atoms with Crippen molar-refractivity contribution in [3.8, 4) is 0 Å². The van der Waals surface area contributed by atoms with Crippen LogP contribution in [-0.2, 0) is 4.74 Å². The number of piperidine rings is 1.